The third-order valence-electron chi connectivity index (χ3n) is 6.02. The van der Waals surface area contributed by atoms with Gasteiger partial charge in [-0.2, -0.15) is 0 Å². The summed E-state index contributed by atoms with van der Waals surface area (Å²) in [5, 5.41) is 2.39. The molecule has 0 N–H and O–H groups in total. The summed E-state index contributed by atoms with van der Waals surface area (Å²) in [6.45, 7) is 2.25. The summed E-state index contributed by atoms with van der Waals surface area (Å²) < 4.78 is 5.48. The van der Waals surface area contributed by atoms with Gasteiger partial charge in [-0.3, -0.25) is 9.69 Å². The molecule has 0 aromatic heterocycles. The van der Waals surface area contributed by atoms with Crippen LogP contribution in [0.4, 0.5) is 0 Å². The number of carbonyl (C=O) groups excluding carboxylic acids is 1. The molecule has 4 aromatic carbocycles. The normalized spacial score (nSPS) is 20.0. The average Bonchev–Trinajstić information content (AvgIpc) is 3.56. The molecule has 3 heteroatoms. The Balaban J connectivity index is 1.60. The fourth-order valence-electron chi connectivity index (χ4n) is 4.60. The Morgan fingerprint density at radius 2 is 1.39 bits per heavy atom. The molecular formula is C28H25NO2. The molecule has 0 amide bonds. The van der Waals surface area contributed by atoms with Gasteiger partial charge in [0, 0.05) is 0 Å². The van der Waals surface area contributed by atoms with Crippen molar-refractivity contribution in [3.8, 4) is 0 Å². The number of nitrogens with zero attached hydrogens (tertiary/aromatic N) is 1. The summed E-state index contributed by atoms with van der Waals surface area (Å²) in [7, 11) is 0. The Morgan fingerprint density at radius 3 is 2.00 bits per heavy atom. The maximum atomic E-state index is 13.0. The van der Waals surface area contributed by atoms with Crippen molar-refractivity contribution in [2.45, 2.75) is 25.0 Å². The molecule has 1 heterocycles. The van der Waals surface area contributed by atoms with Gasteiger partial charge in [-0.15, -0.1) is 0 Å². The van der Waals surface area contributed by atoms with Crippen LogP contribution in [0.5, 0.6) is 0 Å². The van der Waals surface area contributed by atoms with Crippen LogP contribution in [0.15, 0.2) is 103 Å². The Labute approximate surface area is 182 Å². The van der Waals surface area contributed by atoms with E-state index in [9.17, 15) is 4.79 Å². The van der Waals surface area contributed by atoms with Crippen LogP contribution < -0.4 is 0 Å². The number of esters is 1. The lowest BCUT2D eigenvalue weighted by Crippen LogP contribution is -2.20. The molecule has 0 radical (unpaired) electrons. The Bertz CT molecular complexity index is 1150. The van der Waals surface area contributed by atoms with E-state index in [0.717, 1.165) is 5.56 Å². The number of fused-ring (bicyclic) bond motifs is 1. The molecule has 0 saturated carbocycles. The van der Waals surface area contributed by atoms with Gasteiger partial charge in [0.25, 0.3) is 0 Å². The number of hydrogen-bond donors (Lipinski definition) is 0. The van der Waals surface area contributed by atoms with Crippen LogP contribution in [-0.2, 0) is 9.53 Å². The van der Waals surface area contributed by atoms with Crippen LogP contribution in [0.25, 0.3) is 10.8 Å². The predicted molar refractivity (Wildman–Crippen MR) is 124 cm³/mol. The smallest absolute Gasteiger partial charge is 0.325 e. The van der Waals surface area contributed by atoms with Crippen LogP contribution in [0.1, 0.15) is 35.7 Å². The molecule has 4 aromatic rings. The molecule has 5 rings (SSSR count). The third-order valence-corrected chi connectivity index (χ3v) is 6.02. The number of ether oxygens (including phenoxy) is 1. The highest BCUT2D eigenvalue weighted by atomic mass is 16.5. The molecule has 0 spiro atoms. The minimum absolute atomic E-state index is 0.0194. The van der Waals surface area contributed by atoms with Crippen molar-refractivity contribution >= 4 is 16.7 Å². The lowest BCUT2D eigenvalue weighted by atomic mass is 9.98. The van der Waals surface area contributed by atoms with Crippen LogP contribution in [-0.4, -0.2) is 23.5 Å². The molecule has 154 valence electrons. The predicted octanol–water partition coefficient (Wildman–Crippen LogP) is 5.92. The van der Waals surface area contributed by atoms with Gasteiger partial charge < -0.3 is 4.74 Å². The van der Waals surface area contributed by atoms with E-state index in [2.05, 4.69) is 89.8 Å². The van der Waals surface area contributed by atoms with Crippen molar-refractivity contribution in [1.29, 1.82) is 0 Å². The number of hydrogen-bond acceptors (Lipinski definition) is 3. The highest BCUT2D eigenvalue weighted by Gasteiger charge is 2.58. The first-order valence-electron chi connectivity index (χ1n) is 10.8. The Morgan fingerprint density at radius 1 is 0.806 bits per heavy atom. The molecule has 31 heavy (non-hydrogen) atoms. The van der Waals surface area contributed by atoms with Gasteiger partial charge in [0.1, 0.15) is 6.04 Å². The molecule has 0 aliphatic carbocycles. The summed E-state index contributed by atoms with van der Waals surface area (Å²) in [6, 6.07) is 35.3. The zero-order valence-corrected chi connectivity index (χ0v) is 17.5. The monoisotopic (exact) mass is 407 g/mol. The van der Waals surface area contributed by atoms with Crippen molar-refractivity contribution in [1.82, 2.24) is 4.90 Å². The third kappa shape index (κ3) is 3.73. The zero-order chi connectivity index (χ0) is 21.2. The largest absolute Gasteiger partial charge is 0.465 e. The van der Waals surface area contributed by atoms with E-state index in [4.69, 9.17) is 4.74 Å². The minimum Gasteiger partial charge on any atom is -0.465 e. The van der Waals surface area contributed by atoms with E-state index in [1.165, 1.54) is 21.9 Å². The topological polar surface area (TPSA) is 29.3 Å². The highest BCUT2D eigenvalue weighted by molar-refractivity contribution is 5.85. The van der Waals surface area contributed by atoms with Crippen LogP contribution in [0.2, 0.25) is 0 Å². The maximum Gasteiger partial charge on any atom is 0.325 e. The maximum absolute atomic E-state index is 13.0. The molecule has 1 aliphatic rings. The van der Waals surface area contributed by atoms with Gasteiger partial charge in [0.05, 0.1) is 18.7 Å². The highest BCUT2D eigenvalue weighted by Crippen LogP contribution is 2.52. The van der Waals surface area contributed by atoms with E-state index in [-0.39, 0.29) is 24.1 Å². The van der Waals surface area contributed by atoms with E-state index >= 15 is 0 Å². The lowest BCUT2D eigenvalue weighted by Gasteiger charge is -2.21. The second kappa shape index (κ2) is 8.37. The van der Waals surface area contributed by atoms with Crippen molar-refractivity contribution < 1.29 is 9.53 Å². The molecule has 1 aliphatic heterocycles. The molecule has 1 fully saturated rings. The van der Waals surface area contributed by atoms with Crippen molar-refractivity contribution in [2.75, 3.05) is 6.61 Å². The fourth-order valence-corrected chi connectivity index (χ4v) is 4.60. The summed E-state index contributed by atoms with van der Waals surface area (Å²) in [5.41, 5.74) is 3.49. The molecule has 1 unspecified atom stereocenters. The second-order valence-corrected chi connectivity index (χ2v) is 7.92. The fraction of sp³-hybridized carbons (Fsp3) is 0.179. The first-order chi connectivity index (χ1) is 15.3. The van der Waals surface area contributed by atoms with Crippen molar-refractivity contribution in [3.05, 3.63) is 120 Å². The van der Waals surface area contributed by atoms with E-state index < -0.39 is 0 Å². The summed E-state index contributed by atoms with van der Waals surface area (Å²) in [4.78, 5) is 15.3. The lowest BCUT2D eigenvalue weighted by molar-refractivity contribution is -0.143. The SMILES string of the molecule is CCOC(=O)[C@@H]1[C@H](c2ccc3ccccc3c2)N1C(c1ccccc1)c1ccccc1. The standard InChI is InChI=1S/C28H25NO2/c1-2-31-28(30)27-26(24-18-17-20-11-9-10-16-23(20)19-24)29(27)25(21-12-5-3-6-13-21)22-14-7-4-8-15-22/h3-19,25-27H,2H2,1H3/t26-,27-,29?/m0/s1. The molecule has 1 saturated heterocycles. The van der Waals surface area contributed by atoms with Gasteiger partial charge >= 0.3 is 5.97 Å². The molecule has 0 bridgehead atoms. The van der Waals surface area contributed by atoms with Crippen molar-refractivity contribution in [3.63, 3.8) is 0 Å². The summed E-state index contributed by atoms with van der Waals surface area (Å²) in [5.74, 6) is -0.155. The first-order valence-corrected chi connectivity index (χ1v) is 10.8. The molecular weight excluding hydrogens is 382 g/mol. The second-order valence-electron chi connectivity index (χ2n) is 7.92. The van der Waals surface area contributed by atoms with Crippen molar-refractivity contribution in [2.24, 2.45) is 0 Å². The molecule has 3 nitrogen and oxygen atoms in total. The van der Waals surface area contributed by atoms with Gasteiger partial charge in [-0.1, -0.05) is 97.1 Å². The van der Waals surface area contributed by atoms with Gasteiger partial charge in [-0.05, 0) is 40.5 Å². The average molecular weight is 408 g/mol. The Kier molecular flexibility index (Phi) is 5.27. The number of carbonyl (C=O) groups is 1. The summed E-state index contributed by atoms with van der Waals surface area (Å²) >= 11 is 0. The van der Waals surface area contributed by atoms with E-state index in [0.29, 0.717) is 6.61 Å². The van der Waals surface area contributed by atoms with Gasteiger partial charge in [0.2, 0.25) is 0 Å². The van der Waals surface area contributed by atoms with Crippen LogP contribution in [0, 0.1) is 0 Å². The summed E-state index contributed by atoms with van der Waals surface area (Å²) in [6.07, 6.45) is 0. The Hall–Kier alpha value is -3.43. The van der Waals surface area contributed by atoms with Crippen LogP contribution in [0.3, 0.4) is 0 Å². The first kappa shape index (κ1) is 19.5. The van der Waals surface area contributed by atoms with Gasteiger partial charge in [-0.25, -0.2) is 0 Å². The molecule has 3 atom stereocenters. The number of benzene rings is 4. The minimum atomic E-state index is -0.300. The zero-order valence-electron chi connectivity index (χ0n) is 17.5. The quantitative estimate of drug-likeness (QED) is 0.294. The van der Waals surface area contributed by atoms with E-state index in [1.54, 1.807) is 0 Å². The van der Waals surface area contributed by atoms with E-state index in [1.807, 2.05) is 25.1 Å². The van der Waals surface area contributed by atoms with Crippen LogP contribution >= 0.6 is 0 Å². The van der Waals surface area contributed by atoms with Gasteiger partial charge in [0.15, 0.2) is 0 Å². The number of rotatable bonds is 6.